The van der Waals surface area contributed by atoms with Crippen molar-refractivity contribution in [2.75, 3.05) is 11.9 Å². The number of benzene rings is 2. The van der Waals surface area contributed by atoms with Crippen molar-refractivity contribution in [3.05, 3.63) is 81.6 Å². The summed E-state index contributed by atoms with van der Waals surface area (Å²) in [5.74, 6) is 1.99. The highest BCUT2D eigenvalue weighted by Crippen LogP contribution is 2.36. The summed E-state index contributed by atoms with van der Waals surface area (Å²) in [7, 11) is 1.84. The van der Waals surface area contributed by atoms with Crippen LogP contribution in [0, 0.1) is 5.92 Å². The van der Waals surface area contributed by atoms with Gasteiger partial charge in [0.25, 0.3) is 5.56 Å². The Balaban J connectivity index is 1.63. The number of rotatable bonds is 7. The van der Waals surface area contributed by atoms with Crippen LogP contribution in [0.1, 0.15) is 42.9 Å². The van der Waals surface area contributed by atoms with E-state index in [1.54, 1.807) is 0 Å². The monoisotopic (exact) mass is 449 g/mol. The Bertz CT molecular complexity index is 1160. The third-order valence-corrected chi connectivity index (χ3v) is 6.48. The molecule has 0 saturated carbocycles. The third kappa shape index (κ3) is 4.88. The number of thioether (sulfide) groups is 1. The maximum absolute atomic E-state index is 13.1. The molecule has 1 N–H and O–H groups in total. The first-order chi connectivity index (χ1) is 15.4. The smallest absolute Gasteiger partial charge is 0.279 e. The van der Waals surface area contributed by atoms with Gasteiger partial charge in [0.05, 0.1) is 12.2 Å². The van der Waals surface area contributed by atoms with Crippen molar-refractivity contribution in [1.29, 1.82) is 0 Å². The average Bonchev–Trinajstić information content (AvgIpc) is 2.79. The summed E-state index contributed by atoms with van der Waals surface area (Å²) in [5.41, 5.74) is 2.29. The Hall–Kier alpha value is -3.06. The number of hydrogen-bond donors (Lipinski definition) is 1. The quantitative estimate of drug-likeness (QED) is 0.422. The van der Waals surface area contributed by atoms with Crippen molar-refractivity contribution in [1.82, 2.24) is 9.55 Å². The number of hydrogen-bond acceptors (Lipinski definition) is 5. The molecule has 2 heterocycles. The predicted molar refractivity (Wildman–Crippen MR) is 127 cm³/mol. The fraction of sp³-hybridized carbons (Fsp3) is 0.320. The average molecular weight is 450 g/mol. The number of aromatic nitrogens is 2. The Morgan fingerprint density at radius 2 is 1.84 bits per heavy atom. The SMILES string of the molecule is CC(C)COc1ccc(C2CC(=O)Nc3c2c(=O)nc(SCc2ccccc2)n3C)cc1. The van der Waals surface area contributed by atoms with Crippen LogP contribution in [0.25, 0.3) is 0 Å². The van der Waals surface area contributed by atoms with E-state index in [1.165, 1.54) is 11.8 Å². The molecule has 7 heteroatoms. The molecule has 32 heavy (non-hydrogen) atoms. The molecule has 0 aliphatic carbocycles. The predicted octanol–water partition coefficient (Wildman–Crippen LogP) is 4.58. The first kappa shape index (κ1) is 22.1. The number of nitrogens with zero attached hydrogens (tertiary/aromatic N) is 2. The van der Waals surface area contributed by atoms with Crippen LogP contribution < -0.4 is 15.6 Å². The van der Waals surface area contributed by atoms with Crippen molar-refractivity contribution in [3.63, 3.8) is 0 Å². The number of amides is 1. The molecular formula is C25H27N3O3S. The summed E-state index contributed by atoms with van der Waals surface area (Å²) in [5, 5.41) is 3.48. The minimum atomic E-state index is -0.336. The number of fused-ring (bicyclic) bond motifs is 1. The topological polar surface area (TPSA) is 73.2 Å². The van der Waals surface area contributed by atoms with E-state index < -0.39 is 0 Å². The van der Waals surface area contributed by atoms with E-state index >= 15 is 0 Å². The number of anilines is 1. The molecule has 1 aliphatic heterocycles. The lowest BCUT2D eigenvalue weighted by molar-refractivity contribution is -0.116. The number of carbonyl (C=O) groups excluding carboxylic acids is 1. The van der Waals surface area contributed by atoms with E-state index in [1.807, 2.05) is 66.2 Å². The van der Waals surface area contributed by atoms with Crippen LogP contribution in [-0.4, -0.2) is 22.1 Å². The highest BCUT2D eigenvalue weighted by atomic mass is 32.2. The van der Waals surface area contributed by atoms with Gasteiger partial charge in [-0.3, -0.25) is 9.59 Å². The van der Waals surface area contributed by atoms with E-state index in [9.17, 15) is 9.59 Å². The summed E-state index contributed by atoms with van der Waals surface area (Å²) in [6, 6.07) is 17.7. The molecule has 3 aromatic rings. The highest BCUT2D eigenvalue weighted by Gasteiger charge is 2.32. The summed E-state index contributed by atoms with van der Waals surface area (Å²) in [6.07, 6.45) is 0.215. The largest absolute Gasteiger partial charge is 0.493 e. The molecule has 0 spiro atoms. The second-order valence-electron chi connectivity index (χ2n) is 8.37. The molecule has 0 saturated heterocycles. The zero-order valence-corrected chi connectivity index (χ0v) is 19.3. The second kappa shape index (κ2) is 9.61. The van der Waals surface area contributed by atoms with Crippen molar-refractivity contribution in [2.24, 2.45) is 13.0 Å². The van der Waals surface area contributed by atoms with Gasteiger partial charge < -0.3 is 14.6 Å². The first-order valence-electron chi connectivity index (χ1n) is 10.7. The van der Waals surface area contributed by atoms with Gasteiger partial charge in [-0.25, -0.2) is 0 Å². The summed E-state index contributed by atoms with van der Waals surface area (Å²) >= 11 is 1.48. The normalized spacial score (nSPS) is 15.4. The number of ether oxygens (including phenoxy) is 1. The Kier molecular flexibility index (Phi) is 6.65. The maximum atomic E-state index is 13.1. The minimum Gasteiger partial charge on any atom is -0.493 e. The third-order valence-electron chi connectivity index (χ3n) is 5.38. The van der Waals surface area contributed by atoms with Gasteiger partial charge in [0.2, 0.25) is 5.91 Å². The lowest BCUT2D eigenvalue weighted by atomic mass is 9.87. The van der Waals surface area contributed by atoms with Crippen LogP contribution in [0.5, 0.6) is 5.75 Å². The second-order valence-corrected chi connectivity index (χ2v) is 9.32. The van der Waals surface area contributed by atoms with Crippen LogP contribution in [-0.2, 0) is 17.6 Å². The Morgan fingerprint density at radius 3 is 2.53 bits per heavy atom. The molecule has 1 amide bonds. The van der Waals surface area contributed by atoms with Gasteiger partial charge in [-0.1, -0.05) is 68.1 Å². The lowest BCUT2D eigenvalue weighted by Crippen LogP contribution is -2.33. The first-order valence-corrected chi connectivity index (χ1v) is 11.7. The van der Waals surface area contributed by atoms with Crippen molar-refractivity contribution < 1.29 is 9.53 Å². The zero-order valence-electron chi connectivity index (χ0n) is 18.5. The van der Waals surface area contributed by atoms with E-state index in [0.717, 1.165) is 16.9 Å². The van der Waals surface area contributed by atoms with Gasteiger partial charge >= 0.3 is 0 Å². The van der Waals surface area contributed by atoms with Crippen LogP contribution >= 0.6 is 11.8 Å². The molecule has 1 aromatic heterocycles. The number of carbonyl (C=O) groups is 1. The molecule has 1 unspecified atom stereocenters. The lowest BCUT2D eigenvalue weighted by Gasteiger charge is -2.27. The fourth-order valence-corrected chi connectivity index (χ4v) is 4.65. The molecule has 2 aromatic carbocycles. The van der Waals surface area contributed by atoms with E-state index in [0.29, 0.717) is 34.8 Å². The maximum Gasteiger partial charge on any atom is 0.279 e. The molecule has 166 valence electrons. The van der Waals surface area contributed by atoms with E-state index in [-0.39, 0.29) is 23.8 Å². The standard InChI is InChI=1S/C25H27N3O3S/c1-16(2)14-31-19-11-9-18(10-12-19)20-13-21(29)26-23-22(20)24(30)27-25(28(23)3)32-15-17-7-5-4-6-8-17/h4-12,16,20H,13-15H2,1-3H3,(H,26,29). The number of nitrogens with one attached hydrogen (secondary N) is 1. The summed E-state index contributed by atoms with van der Waals surface area (Å²) in [6.45, 7) is 4.84. The zero-order chi connectivity index (χ0) is 22.7. The highest BCUT2D eigenvalue weighted by molar-refractivity contribution is 7.98. The molecule has 6 nitrogen and oxygen atoms in total. The van der Waals surface area contributed by atoms with Gasteiger partial charge in [-0.15, -0.1) is 0 Å². The van der Waals surface area contributed by atoms with Crippen LogP contribution in [0.15, 0.2) is 64.5 Å². The molecule has 1 aliphatic rings. The van der Waals surface area contributed by atoms with Crippen LogP contribution in [0.4, 0.5) is 5.82 Å². The van der Waals surface area contributed by atoms with Crippen molar-refractivity contribution in [2.45, 2.75) is 37.1 Å². The molecule has 1 atom stereocenters. The fourth-order valence-electron chi connectivity index (χ4n) is 3.73. The molecule has 4 rings (SSSR count). The van der Waals surface area contributed by atoms with Crippen molar-refractivity contribution in [3.8, 4) is 5.75 Å². The van der Waals surface area contributed by atoms with Gasteiger partial charge in [0, 0.05) is 25.1 Å². The van der Waals surface area contributed by atoms with Gasteiger partial charge in [-0.05, 0) is 29.2 Å². The van der Waals surface area contributed by atoms with Crippen LogP contribution in [0.3, 0.4) is 0 Å². The van der Waals surface area contributed by atoms with E-state index in [4.69, 9.17) is 4.74 Å². The Labute approximate surface area is 192 Å². The van der Waals surface area contributed by atoms with Crippen molar-refractivity contribution >= 4 is 23.5 Å². The van der Waals surface area contributed by atoms with Gasteiger partial charge in [0.15, 0.2) is 5.16 Å². The molecule has 0 bridgehead atoms. The van der Waals surface area contributed by atoms with E-state index in [2.05, 4.69) is 24.1 Å². The van der Waals surface area contributed by atoms with Crippen LogP contribution in [0.2, 0.25) is 0 Å². The Morgan fingerprint density at radius 1 is 1.12 bits per heavy atom. The molecular weight excluding hydrogens is 422 g/mol. The van der Waals surface area contributed by atoms with Gasteiger partial charge in [-0.2, -0.15) is 4.98 Å². The molecule has 0 fully saturated rings. The summed E-state index contributed by atoms with van der Waals surface area (Å²) < 4.78 is 7.58. The minimum absolute atomic E-state index is 0.108. The van der Waals surface area contributed by atoms with Gasteiger partial charge in [0.1, 0.15) is 11.6 Å². The molecule has 0 radical (unpaired) electrons. The summed E-state index contributed by atoms with van der Waals surface area (Å²) in [4.78, 5) is 30.0.